The average Bonchev–Trinajstić information content (AvgIpc) is 2.23. The van der Waals surface area contributed by atoms with Crippen molar-refractivity contribution in [2.24, 2.45) is 10.9 Å². The van der Waals surface area contributed by atoms with Crippen LogP contribution in [0.1, 0.15) is 31.9 Å². The monoisotopic (exact) mass is 234 g/mol. The molecule has 1 aromatic carbocycles. The van der Waals surface area contributed by atoms with Gasteiger partial charge in [-0.2, -0.15) is 0 Å². The lowest BCUT2D eigenvalue weighted by Gasteiger charge is -2.18. The maximum absolute atomic E-state index is 10.4. The first-order valence-electron chi connectivity index (χ1n) is 5.44. The van der Waals surface area contributed by atoms with Gasteiger partial charge in [-0.25, -0.2) is 0 Å². The van der Waals surface area contributed by atoms with Crippen LogP contribution in [0, 0.1) is 0 Å². The normalized spacial score (nSPS) is 11.7. The molecule has 2 N–H and O–H groups in total. The molecule has 0 unspecified atom stereocenters. The van der Waals surface area contributed by atoms with Crippen LogP contribution in [0.15, 0.2) is 29.4 Å². The summed E-state index contributed by atoms with van der Waals surface area (Å²) in [6.07, 6.45) is 1.55. The molecule has 0 fully saturated rings. The zero-order chi connectivity index (χ0) is 12.9. The fourth-order valence-electron chi connectivity index (χ4n) is 1.27. The van der Waals surface area contributed by atoms with Gasteiger partial charge >= 0.3 is 0 Å². The maximum atomic E-state index is 10.4. The summed E-state index contributed by atoms with van der Waals surface area (Å²) < 4.78 is 0. The van der Waals surface area contributed by atoms with Gasteiger partial charge in [0, 0.05) is 0 Å². The van der Waals surface area contributed by atoms with Gasteiger partial charge in [-0.3, -0.25) is 4.79 Å². The summed E-state index contributed by atoms with van der Waals surface area (Å²) in [4.78, 5) is 15.1. The van der Waals surface area contributed by atoms with Crippen molar-refractivity contribution in [2.75, 3.05) is 6.61 Å². The summed E-state index contributed by atoms with van der Waals surface area (Å²) in [5.41, 5.74) is 7.21. The van der Waals surface area contributed by atoms with Crippen molar-refractivity contribution in [3.63, 3.8) is 0 Å². The third kappa shape index (κ3) is 4.68. The van der Waals surface area contributed by atoms with Gasteiger partial charge in [0.25, 0.3) is 5.91 Å². The van der Waals surface area contributed by atoms with Crippen molar-refractivity contribution >= 4 is 12.1 Å². The van der Waals surface area contributed by atoms with Crippen LogP contribution in [-0.4, -0.2) is 18.7 Å². The van der Waals surface area contributed by atoms with Crippen molar-refractivity contribution in [1.82, 2.24) is 0 Å². The fourth-order valence-corrected chi connectivity index (χ4v) is 1.27. The molecule has 0 aliphatic rings. The van der Waals surface area contributed by atoms with E-state index in [-0.39, 0.29) is 12.0 Å². The van der Waals surface area contributed by atoms with Crippen LogP contribution in [0.3, 0.4) is 0 Å². The average molecular weight is 234 g/mol. The second-order valence-corrected chi connectivity index (χ2v) is 4.85. The van der Waals surface area contributed by atoms with Crippen LogP contribution in [0.4, 0.5) is 0 Å². The first-order valence-corrected chi connectivity index (χ1v) is 5.44. The third-order valence-corrected chi connectivity index (χ3v) is 2.26. The Hall–Kier alpha value is -1.84. The Bertz CT molecular complexity index is 402. The smallest absolute Gasteiger partial charge is 0.258 e. The number of benzene rings is 1. The summed E-state index contributed by atoms with van der Waals surface area (Å²) in [6.45, 7) is 6.28. The molecule has 0 aliphatic heterocycles. The molecule has 0 saturated heterocycles. The first kappa shape index (κ1) is 13.2. The van der Waals surface area contributed by atoms with E-state index >= 15 is 0 Å². The van der Waals surface area contributed by atoms with Crippen molar-refractivity contribution in [1.29, 1.82) is 0 Å². The van der Waals surface area contributed by atoms with Crippen molar-refractivity contribution in [2.45, 2.75) is 26.2 Å². The van der Waals surface area contributed by atoms with E-state index < -0.39 is 5.91 Å². The lowest BCUT2D eigenvalue weighted by Crippen LogP contribution is -2.16. The molecule has 0 spiro atoms. The number of hydrogen-bond donors (Lipinski definition) is 1. The summed E-state index contributed by atoms with van der Waals surface area (Å²) in [6, 6.07) is 8.01. The number of carbonyl (C=O) groups is 1. The van der Waals surface area contributed by atoms with E-state index in [2.05, 4.69) is 38.1 Å². The molecule has 0 saturated carbocycles. The van der Waals surface area contributed by atoms with Crippen molar-refractivity contribution < 1.29 is 9.63 Å². The third-order valence-electron chi connectivity index (χ3n) is 2.26. The molecule has 0 bridgehead atoms. The number of oxime groups is 1. The van der Waals surface area contributed by atoms with Crippen LogP contribution in [-0.2, 0) is 15.0 Å². The summed E-state index contributed by atoms with van der Waals surface area (Å²) in [7, 11) is 0. The van der Waals surface area contributed by atoms with E-state index in [1.807, 2.05) is 12.1 Å². The number of carbonyl (C=O) groups excluding carboxylic acids is 1. The molecule has 0 aliphatic carbocycles. The predicted molar refractivity (Wildman–Crippen MR) is 67.9 cm³/mol. The first-order chi connectivity index (χ1) is 7.89. The van der Waals surface area contributed by atoms with Gasteiger partial charge in [-0.05, 0) is 16.5 Å². The molecular weight excluding hydrogens is 216 g/mol. The number of hydrogen-bond acceptors (Lipinski definition) is 3. The zero-order valence-electron chi connectivity index (χ0n) is 10.4. The van der Waals surface area contributed by atoms with Gasteiger partial charge in [-0.1, -0.05) is 50.2 Å². The second kappa shape index (κ2) is 5.48. The molecule has 0 atom stereocenters. The van der Waals surface area contributed by atoms with Gasteiger partial charge in [-0.15, -0.1) is 0 Å². The lowest BCUT2D eigenvalue weighted by atomic mass is 9.87. The maximum Gasteiger partial charge on any atom is 0.258 e. The predicted octanol–water partition coefficient (Wildman–Crippen LogP) is 1.82. The molecule has 0 radical (unpaired) electrons. The highest BCUT2D eigenvalue weighted by Gasteiger charge is 2.12. The number of nitrogens with two attached hydrogens (primary N) is 1. The molecule has 1 aromatic rings. The molecule has 4 heteroatoms. The van der Waals surface area contributed by atoms with Gasteiger partial charge in [0.15, 0.2) is 6.61 Å². The fraction of sp³-hybridized carbons (Fsp3) is 0.385. The highest BCUT2D eigenvalue weighted by Crippen LogP contribution is 2.21. The molecule has 0 aromatic heterocycles. The Kier molecular flexibility index (Phi) is 4.26. The molecule has 17 heavy (non-hydrogen) atoms. The minimum atomic E-state index is -0.537. The minimum Gasteiger partial charge on any atom is -0.386 e. The Morgan fingerprint density at radius 3 is 2.41 bits per heavy atom. The van der Waals surface area contributed by atoms with Gasteiger partial charge < -0.3 is 10.6 Å². The van der Waals surface area contributed by atoms with Crippen LogP contribution in [0.2, 0.25) is 0 Å². The number of nitrogens with zero attached hydrogens (tertiary/aromatic N) is 1. The quantitative estimate of drug-likeness (QED) is 0.638. The zero-order valence-corrected chi connectivity index (χ0v) is 10.4. The van der Waals surface area contributed by atoms with E-state index in [1.165, 1.54) is 5.56 Å². The van der Waals surface area contributed by atoms with Gasteiger partial charge in [0.2, 0.25) is 0 Å². The van der Waals surface area contributed by atoms with E-state index in [0.29, 0.717) is 0 Å². The summed E-state index contributed by atoms with van der Waals surface area (Å²) >= 11 is 0. The lowest BCUT2D eigenvalue weighted by molar-refractivity contribution is -0.122. The van der Waals surface area contributed by atoms with Crippen LogP contribution < -0.4 is 5.73 Å². The minimum absolute atomic E-state index is 0.137. The highest BCUT2D eigenvalue weighted by molar-refractivity contribution is 5.79. The summed E-state index contributed by atoms with van der Waals surface area (Å²) in [5.74, 6) is -0.537. The van der Waals surface area contributed by atoms with Crippen molar-refractivity contribution in [3.8, 4) is 0 Å². The molecule has 92 valence electrons. The van der Waals surface area contributed by atoms with Crippen molar-refractivity contribution in [3.05, 3.63) is 35.4 Å². The molecule has 1 rings (SSSR count). The number of amides is 1. The van der Waals surface area contributed by atoms with Crippen LogP contribution in [0.25, 0.3) is 0 Å². The topological polar surface area (TPSA) is 64.7 Å². The Labute approximate surface area is 101 Å². The van der Waals surface area contributed by atoms with Gasteiger partial charge in [0.1, 0.15) is 0 Å². The van der Waals surface area contributed by atoms with Crippen LogP contribution in [0.5, 0.6) is 0 Å². The highest BCUT2D eigenvalue weighted by atomic mass is 16.6. The second-order valence-electron chi connectivity index (χ2n) is 4.85. The SMILES string of the molecule is CC(C)(C)c1ccc(/C=N\OCC(N)=O)cc1. The number of primary amides is 1. The molecular formula is C13H18N2O2. The van der Waals surface area contributed by atoms with Crippen LogP contribution >= 0.6 is 0 Å². The van der Waals surface area contributed by atoms with E-state index in [1.54, 1.807) is 6.21 Å². The largest absolute Gasteiger partial charge is 0.386 e. The van der Waals surface area contributed by atoms with E-state index in [9.17, 15) is 4.79 Å². The molecule has 1 amide bonds. The van der Waals surface area contributed by atoms with E-state index in [0.717, 1.165) is 5.56 Å². The molecule has 4 nitrogen and oxygen atoms in total. The van der Waals surface area contributed by atoms with E-state index in [4.69, 9.17) is 10.6 Å². The van der Waals surface area contributed by atoms with Gasteiger partial charge in [0.05, 0.1) is 6.21 Å². The molecule has 0 heterocycles. The Balaban J connectivity index is 2.60. The number of rotatable bonds is 4. The standard InChI is InChI=1S/C13H18N2O2/c1-13(2,3)11-6-4-10(5-7-11)8-15-17-9-12(14)16/h4-8H,9H2,1-3H3,(H2,14,16)/b15-8-. The Morgan fingerprint density at radius 1 is 1.35 bits per heavy atom. The summed E-state index contributed by atoms with van der Waals surface area (Å²) in [5, 5.41) is 3.65. The Morgan fingerprint density at radius 2 is 1.94 bits per heavy atom.